The average molecular weight is 250 g/mol. The molecule has 0 aliphatic carbocycles. The summed E-state index contributed by atoms with van der Waals surface area (Å²) < 4.78 is 0. The van der Waals surface area contributed by atoms with Crippen LogP contribution < -0.4 is 0 Å². The van der Waals surface area contributed by atoms with Gasteiger partial charge in [-0.2, -0.15) is 0 Å². The van der Waals surface area contributed by atoms with E-state index in [-0.39, 0.29) is 0 Å². The van der Waals surface area contributed by atoms with Crippen LogP contribution >= 0.6 is 0 Å². The maximum absolute atomic E-state index is 4.00. The minimum Gasteiger partial charge on any atom is -0.124 e. The highest BCUT2D eigenvalue weighted by Crippen LogP contribution is 2.22. The second-order valence-corrected chi connectivity index (χ2v) is 3.64. The van der Waals surface area contributed by atoms with Crippen LogP contribution in [0.4, 0.5) is 0 Å². The minimum atomic E-state index is 1.20. The highest BCUT2D eigenvalue weighted by atomic mass is 14.0. The molecule has 0 amide bonds. The Kier molecular flexibility index (Phi) is 8.58. The van der Waals surface area contributed by atoms with Gasteiger partial charge in [0.25, 0.3) is 0 Å². The third-order valence-electron chi connectivity index (χ3n) is 2.60. The second-order valence-electron chi connectivity index (χ2n) is 3.64. The quantitative estimate of drug-likeness (QED) is 0.610. The summed E-state index contributed by atoms with van der Waals surface area (Å²) in [6.45, 7) is 9.91. The first-order valence-electron chi connectivity index (χ1n) is 6.43. The van der Waals surface area contributed by atoms with Crippen LogP contribution in [0.1, 0.15) is 25.0 Å². The Bertz CT molecular complexity index is 504. The van der Waals surface area contributed by atoms with Crippen LogP contribution in [0.5, 0.6) is 0 Å². The summed E-state index contributed by atoms with van der Waals surface area (Å²) in [5.74, 6) is 0. The third-order valence-corrected chi connectivity index (χ3v) is 2.60. The second kappa shape index (κ2) is 9.74. The van der Waals surface area contributed by atoms with Crippen LogP contribution in [0.3, 0.4) is 0 Å². The van der Waals surface area contributed by atoms with Gasteiger partial charge in [0.05, 0.1) is 0 Å². The van der Waals surface area contributed by atoms with E-state index in [2.05, 4.69) is 68.8 Å². The lowest BCUT2D eigenvalue weighted by Crippen LogP contribution is -1.83. The molecular formula is C19H22. The third kappa shape index (κ3) is 4.85. The summed E-state index contributed by atoms with van der Waals surface area (Å²) in [7, 11) is 0. The fraction of sp³-hybridized carbons (Fsp3) is 0.158. The topological polar surface area (TPSA) is 0 Å². The molecule has 2 aromatic rings. The molecule has 0 aliphatic rings. The summed E-state index contributed by atoms with van der Waals surface area (Å²) in [6.07, 6.45) is 9.89. The van der Waals surface area contributed by atoms with E-state index in [0.29, 0.717) is 0 Å². The molecular weight excluding hydrogens is 228 g/mol. The molecule has 0 heteroatoms. The Morgan fingerprint density at radius 3 is 1.95 bits per heavy atom. The molecule has 0 unspecified atom stereocenters. The molecule has 0 atom stereocenters. The zero-order valence-electron chi connectivity index (χ0n) is 12.1. The summed E-state index contributed by atoms with van der Waals surface area (Å²) >= 11 is 0. The first-order chi connectivity index (χ1) is 9.31. The predicted octanol–water partition coefficient (Wildman–Crippen LogP) is 5.58. The van der Waals surface area contributed by atoms with E-state index in [0.717, 1.165) is 0 Å². The Hall–Kier alpha value is -2.26. The molecule has 0 radical (unpaired) electrons. The van der Waals surface area contributed by atoms with Gasteiger partial charge in [0.15, 0.2) is 0 Å². The Balaban J connectivity index is 0.000000741. The molecule has 2 aromatic carbocycles. The first-order valence-corrected chi connectivity index (χ1v) is 6.43. The SMILES string of the molecule is C#C.C=Cc1ccc(-c2ccccc2)cc1C.CC. The van der Waals surface area contributed by atoms with E-state index in [4.69, 9.17) is 0 Å². The van der Waals surface area contributed by atoms with Crippen molar-refractivity contribution in [1.29, 1.82) is 0 Å². The molecule has 0 aliphatic heterocycles. The van der Waals surface area contributed by atoms with Crippen LogP contribution in [0.2, 0.25) is 0 Å². The molecule has 0 spiro atoms. The number of hydrogen-bond donors (Lipinski definition) is 0. The molecule has 0 fully saturated rings. The number of hydrogen-bond acceptors (Lipinski definition) is 0. The molecule has 0 heterocycles. The molecule has 0 nitrogen and oxygen atoms in total. The molecule has 0 bridgehead atoms. The summed E-state index contributed by atoms with van der Waals surface area (Å²) in [5.41, 5.74) is 5.00. The van der Waals surface area contributed by atoms with E-state index in [1.165, 1.54) is 22.3 Å². The van der Waals surface area contributed by atoms with Gasteiger partial charge in [-0.05, 0) is 29.2 Å². The van der Waals surface area contributed by atoms with E-state index >= 15 is 0 Å². The van der Waals surface area contributed by atoms with Crippen LogP contribution in [-0.4, -0.2) is 0 Å². The van der Waals surface area contributed by atoms with Crippen molar-refractivity contribution in [3.63, 3.8) is 0 Å². The van der Waals surface area contributed by atoms with E-state index < -0.39 is 0 Å². The fourth-order valence-electron chi connectivity index (χ4n) is 1.71. The van der Waals surface area contributed by atoms with Crippen molar-refractivity contribution < 1.29 is 0 Å². The lowest BCUT2D eigenvalue weighted by Gasteiger charge is -2.05. The normalized spacial score (nSPS) is 8.26. The highest BCUT2D eigenvalue weighted by Gasteiger charge is 1.98. The van der Waals surface area contributed by atoms with Gasteiger partial charge < -0.3 is 0 Å². The molecule has 0 saturated carbocycles. The monoisotopic (exact) mass is 250 g/mol. The van der Waals surface area contributed by atoms with Gasteiger partial charge >= 0.3 is 0 Å². The van der Waals surface area contributed by atoms with Gasteiger partial charge in [-0.1, -0.05) is 75.0 Å². The van der Waals surface area contributed by atoms with Gasteiger partial charge in [0.2, 0.25) is 0 Å². The molecule has 2 rings (SSSR count). The minimum absolute atomic E-state index is 1.20. The first kappa shape index (κ1) is 16.7. The number of benzene rings is 2. The predicted molar refractivity (Wildman–Crippen MR) is 87.9 cm³/mol. The number of aryl methyl sites for hydroxylation is 1. The van der Waals surface area contributed by atoms with Crippen molar-refractivity contribution in [2.45, 2.75) is 20.8 Å². The summed E-state index contributed by atoms with van der Waals surface area (Å²) in [5, 5.41) is 0. The van der Waals surface area contributed by atoms with Crippen LogP contribution in [0, 0.1) is 19.8 Å². The molecule has 0 N–H and O–H groups in total. The Morgan fingerprint density at radius 1 is 0.895 bits per heavy atom. The van der Waals surface area contributed by atoms with Crippen LogP contribution in [0.15, 0.2) is 55.1 Å². The van der Waals surface area contributed by atoms with Crippen LogP contribution in [-0.2, 0) is 0 Å². The Morgan fingerprint density at radius 2 is 1.47 bits per heavy atom. The summed E-state index contributed by atoms with van der Waals surface area (Å²) in [6, 6.07) is 16.9. The smallest absolute Gasteiger partial charge is 0.0181 e. The molecule has 98 valence electrons. The van der Waals surface area contributed by atoms with Crippen molar-refractivity contribution in [1.82, 2.24) is 0 Å². The Labute approximate surface area is 117 Å². The lowest BCUT2D eigenvalue weighted by molar-refractivity contribution is 1.44. The maximum atomic E-state index is 4.00. The van der Waals surface area contributed by atoms with Crippen molar-refractivity contribution in [3.05, 3.63) is 66.2 Å². The fourth-order valence-corrected chi connectivity index (χ4v) is 1.71. The van der Waals surface area contributed by atoms with Gasteiger partial charge in [0, 0.05) is 0 Å². The van der Waals surface area contributed by atoms with Crippen molar-refractivity contribution >= 4 is 6.08 Å². The van der Waals surface area contributed by atoms with E-state index in [1.54, 1.807) is 0 Å². The largest absolute Gasteiger partial charge is 0.124 e. The summed E-state index contributed by atoms with van der Waals surface area (Å²) in [4.78, 5) is 0. The van der Waals surface area contributed by atoms with Gasteiger partial charge in [-0.15, -0.1) is 12.8 Å². The van der Waals surface area contributed by atoms with Crippen molar-refractivity contribution in [3.8, 4) is 24.0 Å². The van der Waals surface area contributed by atoms with Crippen molar-refractivity contribution in [2.75, 3.05) is 0 Å². The van der Waals surface area contributed by atoms with Crippen LogP contribution in [0.25, 0.3) is 17.2 Å². The van der Waals surface area contributed by atoms with E-state index in [9.17, 15) is 0 Å². The molecule has 19 heavy (non-hydrogen) atoms. The lowest BCUT2D eigenvalue weighted by atomic mass is 10.00. The number of terminal acetylenes is 1. The zero-order valence-corrected chi connectivity index (χ0v) is 12.1. The van der Waals surface area contributed by atoms with Gasteiger partial charge in [-0.3, -0.25) is 0 Å². The molecule has 0 aromatic heterocycles. The highest BCUT2D eigenvalue weighted by molar-refractivity contribution is 5.67. The zero-order chi connectivity index (χ0) is 14.7. The van der Waals surface area contributed by atoms with Gasteiger partial charge in [0.1, 0.15) is 0 Å². The average Bonchev–Trinajstić information content (AvgIpc) is 2.52. The van der Waals surface area contributed by atoms with Gasteiger partial charge in [-0.25, -0.2) is 0 Å². The maximum Gasteiger partial charge on any atom is -0.0181 e. The molecule has 0 saturated heterocycles. The van der Waals surface area contributed by atoms with E-state index in [1.807, 2.05) is 26.0 Å². The van der Waals surface area contributed by atoms with Crippen molar-refractivity contribution in [2.24, 2.45) is 0 Å². The standard InChI is InChI=1S/C15H14.C2H6.C2H2/c1-3-13-9-10-15(11-12(13)2)14-7-5-4-6-8-14;2*1-2/h3-11H,1H2,2H3;1-2H3;1-2H. The number of rotatable bonds is 2.